The third kappa shape index (κ3) is 3.34. The van der Waals surface area contributed by atoms with E-state index in [0.717, 1.165) is 0 Å². The summed E-state index contributed by atoms with van der Waals surface area (Å²) < 4.78 is 11.0. The van der Waals surface area contributed by atoms with Gasteiger partial charge < -0.3 is 9.47 Å². The molecule has 0 saturated carbocycles. The van der Waals surface area contributed by atoms with Crippen LogP contribution in [-0.4, -0.2) is 20.0 Å². The van der Waals surface area contributed by atoms with E-state index in [1.54, 1.807) is 24.3 Å². The normalized spacial score (nSPS) is 10.3. The molecule has 2 rings (SSSR count). The number of carbonyl (C=O) groups excluding carboxylic acids is 1. The van der Waals surface area contributed by atoms with E-state index in [0.29, 0.717) is 37.1 Å². The van der Waals surface area contributed by atoms with Crippen molar-refractivity contribution in [2.75, 3.05) is 14.2 Å². The van der Waals surface area contributed by atoms with Crippen LogP contribution in [0.4, 0.5) is 0 Å². The quantitative estimate of drug-likeness (QED) is 0.690. The average molecular weight is 390 g/mol. The van der Waals surface area contributed by atoms with Gasteiger partial charge in [-0.1, -0.05) is 23.2 Å². The summed E-state index contributed by atoms with van der Waals surface area (Å²) in [7, 11) is 3.03. The van der Waals surface area contributed by atoms with Crippen LogP contribution in [0.25, 0.3) is 0 Å². The molecule has 0 N–H and O–H groups in total. The lowest BCUT2D eigenvalue weighted by Gasteiger charge is -2.12. The van der Waals surface area contributed by atoms with Crippen LogP contribution in [0.2, 0.25) is 10.0 Å². The zero-order valence-electron chi connectivity index (χ0n) is 11.2. The van der Waals surface area contributed by atoms with E-state index in [9.17, 15) is 4.79 Å². The first-order valence-electron chi connectivity index (χ1n) is 5.89. The molecule has 6 heteroatoms. The molecule has 0 unspecified atom stereocenters. The Morgan fingerprint density at radius 2 is 1.62 bits per heavy atom. The van der Waals surface area contributed by atoms with Crippen molar-refractivity contribution < 1.29 is 14.3 Å². The van der Waals surface area contributed by atoms with Crippen molar-refractivity contribution in [3.8, 4) is 11.5 Å². The standard InChI is InChI=1S/C15H11BrCl2O3/c1-20-13-6-9(11(16)7-14(13)21-2)15(19)10-5-8(17)3-4-12(10)18/h3-7H,1-2H3. The summed E-state index contributed by atoms with van der Waals surface area (Å²) in [5.74, 6) is 0.732. The summed E-state index contributed by atoms with van der Waals surface area (Å²) in [6.07, 6.45) is 0. The highest BCUT2D eigenvalue weighted by Crippen LogP contribution is 2.35. The Balaban J connectivity index is 2.55. The Hall–Kier alpha value is -1.23. The zero-order chi connectivity index (χ0) is 15.6. The van der Waals surface area contributed by atoms with E-state index >= 15 is 0 Å². The lowest BCUT2D eigenvalue weighted by molar-refractivity contribution is 0.103. The molecule has 0 amide bonds. The van der Waals surface area contributed by atoms with Crippen molar-refractivity contribution in [2.45, 2.75) is 0 Å². The molecule has 0 spiro atoms. The maximum atomic E-state index is 12.6. The number of carbonyl (C=O) groups is 1. The van der Waals surface area contributed by atoms with E-state index < -0.39 is 0 Å². The minimum absolute atomic E-state index is 0.254. The Morgan fingerprint density at radius 3 is 2.24 bits per heavy atom. The molecule has 2 aromatic rings. The van der Waals surface area contributed by atoms with Crippen LogP contribution in [-0.2, 0) is 0 Å². The molecule has 0 atom stereocenters. The first-order valence-corrected chi connectivity index (χ1v) is 7.44. The third-order valence-corrected chi connectivity index (χ3v) is 4.11. The van der Waals surface area contributed by atoms with Gasteiger partial charge in [0.25, 0.3) is 0 Å². The molecule has 21 heavy (non-hydrogen) atoms. The highest BCUT2D eigenvalue weighted by Gasteiger charge is 2.19. The topological polar surface area (TPSA) is 35.5 Å². The maximum Gasteiger partial charge on any atom is 0.195 e. The third-order valence-electron chi connectivity index (χ3n) is 2.89. The predicted molar refractivity (Wildman–Crippen MR) is 87.1 cm³/mol. The Bertz CT molecular complexity index is 702. The summed E-state index contributed by atoms with van der Waals surface area (Å²) in [6, 6.07) is 8.03. The van der Waals surface area contributed by atoms with Crippen molar-refractivity contribution >= 4 is 44.9 Å². The van der Waals surface area contributed by atoms with Crippen LogP contribution in [0, 0.1) is 0 Å². The smallest absolute Gasteiger partial charge is 0.195 e. The number of benzene rings is 2. The van der Waals surface area contributed by atoms with Crippen molar-refractivity contribution in [2.24, 2.45) is 0 Å². The highest BCUT2D eigenvalue weighted by atomic mass is 79.9. The summed E-state index contributed by atoms with van der Waals surface area (Å²) >= 11 is 15.4. The van der Waals surface area contributed by atoms with Gasteiger partial charge in [-0.05, 0) is 46.3 Å². The maximum absolute atomic E-state index is 12.6. The molecule has 0 aliphatic carbocycles. The summed E-state index contributed by atoms with van der Waals surface area (Å²) in [4.78, 5) is 12.6. The Labute approximate surface area is 140 Å². The molecule has 3 nitrogen and oxygen atoms in total. The SMILES string of the molecule is COc1cc(Br)c(C(=O)c2cc(Cl)ccc2Cl)cc1OC. The number of methoxy groups -OCH3 is 2. The van der Waals surface area contributed by atoms with Gasteiger partial charge >= 0.3 is 0 Å². The van der Waals surface area contributed by atoms with Gasteiger partial charge in [0.05, 0.1) is 19.2 Å². The van der Waals surface area contributed by atoms with Crippen LogP contribution in [0.5, 0.6) is 11.5 Å². The van der Waals surface area contributed by atoms with Gasteiger partial charge in [0, 0.05) is 20.6 Å². The van der Waals surface area contributed by atoms with Crippen LogP contribution in [0.15, 0.2) is 34.8 Å². The lowest BCUT2D eigenvalue weighted by Crippen LogP contribution is -2.05. The monoisotopic (exact) mass is 388 g/mol. The summed E-state index contributed by atoms with van der Waals surface area (Å²) in [6.45, 7) is 0. The van der Waals surface area contributed by atoms with Gasteiger partial charge in [-0.25, -0.2) is 0 Å². The van der Waals surface area contributed by atoms with Crippen LogP contribution < -0.4 is 9.47 Å². The second kappa shape index (κ2) is 6.69. The number of rotatable bonds is 4. The molecular formula is C15H11BrCl2O3. The minimum Gasteiger partial charge on any atom is -0.493 e. The van der Waals surface area contributed by atoms with Crippen LogP contribution in [0.1, 0.15) is 15.9 Å². The number of hydrogen-bond donors (Lipinski definition) is 0. The molecule has 0 aromatic heterocycles. The van der Waals surface area contributed by atoms with Gasteiger partial charge in [-0.15, -0.1) is 0 Å². The van der Waals surface area contributed by atoms with Gasteiger partial charge in [-0.2, -0.15) is 0 Å². The van der Waals surface area contributed by atoms with E-state index in [1.165, 1.54) is 20.3 Å². The largest absolute Gasteiger partial charge is 0.493 e. The fourth-order valence-electron chi connectivity index (χ4n) is 1.84. The molecule has 0 aliphatic rings. The lowest BCUT2D eigenvalue weighted by atomic mass is 10.0. The van der Waals surface area contributed by atoms with Gasteiger partial charge in [-0.3, -0.25) is 4.79 Å². The molecule has 0 aliphatic heterocycles. The van der Waals surface area contributed by atoms with Crippen molar-refractivity contribution in [1.82, 2.24) is 0 Å². The van der Waals surface area contributed by atoms with Crippen molar-refractivity contribution in [1.29, 1.82) is 0 Å². The van der Waals surface area contributed by atoms with E-state index in [1.807, 2.05) is 0 Å². The minimum atomic E-state index is -0.254. The second-order valence-electron chi connectivity index (χ2n) is 4.14. The first-order chi connectivity index (χ1) is 9.97. The molecule has 0 radical (unpaired) electrons. The molecule has 0 bridgehead atoms. The van der Waals surface area contributed by atoms with Gasteiger partial charge in [0.1, 0.15) is 0 Å². The molecular weight excluding hydrogens is 379 g/mol. The predicted octanol–water partition coefficient (Wildman–Crippen LogP) is 5.00. The fraction of sp³-hybridized carbons (Fsp3) is 0.133. The van der Waals surface area contributed by atoms with Crippen LogP contribution >= 0.6 is 39.1 Å². The fourth-order valence-corrected chi connectivity index (χ4v) is 2.72. The van der Waals surface area contributed by atoms with E-state index in [4.69, 9.17) is 32.7 Å². The molecule has 0 heterocycles. The Morgan fingerprint density at radius 1 is 1.00 bits per heavy atom. The highest BCUT2D eigenvalue weighted by molar-refractivity contribution is 9.10. The van der Waals surface area contributed by atoms with Crippen LogP contribution in [0.3, 0.4) is 0 Å². The number of hydrogen-bond acceptors (Lipinski definition) is 3. The average Bonchev–Trinajstić information content (AvgIpc) is 2.48. The second-order valence-corrected chi connectivity index (χ2v) is 5.84. The summed E-state index contributed by atoms with van der Waals surface area (Å²) in [5, 5.41) is 0.783. The molecule has 110 valence electrons. The molecule has 2 aromatic carbocycles. The summed E-state index contributed by atoms with van der Waals surface area (Å²) in [5.41, 5.74) is 0.744. The zero-order valence-corrected chi connectivity index (χ0v) is 14.3. The number of ether oxygens (including phenoxy) is 2. The number of ketones is 1. The van der Waals surface area contributed by atoms with Gasteiger partial charge in [0.15, 0.2) is 17.3 Å². The van der Waals surface area contributed by atoms with Gasteiger partial charge in [0.2, 0.25) is 0 Å². The molecule has 0 saturated heterocycles. The van der Waals surface area contributed by atoms with Crippen molar-refractivity contribution in [3.63, 3.8) is 0 Å². The molecule has 0 fully saturated rings. The van der Waals surface area contributed by atoms with E-state index in [2.05, 4.69) is 15.9 Å². The Kier molecular flexibility index (Phi) is 5.14. The van der Waals surface area contributed by atoms with Crippen molar-refractivity contribution in [3.05, 3.63) is 56.0 Å². The first kappa shape index (κ1) is 16.1. The van der Waals surface area contributed by atoms with E-state index in [-0.39, 0.29) is 5.78 Å². The number of halogens is 3.